The SMILES string of the molecule is C[C@H]1CC[C@@H](C(=O)N2Cc3[nH]nc(C(=O)Nc4[nH]nc5ncccc45)c3C2)CN1C(=O)OC(C)(C)C. The molecule has 0 bridgehead atoms. The molecule has 0 unspecified atom stereocenters. The van der Waals surface area contributed by atoms with E-state index < -0.39 is 17.6 Å². The van der Waals surface area contributed by atoms with Crippen LogP contribution in [0.25, 0.3) is 11.0 Å². The lowest BCUT2D eigenvalue weighted by atomic mass is 9.92. The summed E-state index contributed by atoms with van der Waals surface area (Å²) in [5.41, 5.74) is 1.56. The van der Waals surface area contributed by atoms with Gasteiger partial charge in [-0.1, -0.05) is 0 Å². The number of hydrogen-bond acceptors (Lipinski definition) is 7. The monoisotopic (exact) mass is 494 g/mol. The zero-order chi connectivity index (χ0) is 25.6. The molecule has 3 aromatic heterocycles. The first-order valence-corrected chi connectivity index (χ1v) is 12.1. The van der Waals surface area contributed by atoms with Gasteiger partial charge in [-0.05, 0) is 52.7 Å². The second kappa shape index (κ2) is 8.92. The lowest BCUT2D eigenvalue weighted by molar-refractivity contribution is -0.138. The van der Waals surface area contributed by atoms with Gasteiger partial charge in [0.05, 0.1) is 30.1 Å². The van der Waals surface area contributed by atoms with Gasteiger partial charge in [0, 0.05) is 24.3 Å². The Kier molecular flexibility index (Phi) is 5.89. The first-order valence-electron chi connectivity index (χ1n) is 12.1. The van der Waals surface area contributed by atoms with Crippen molar-refractivity contribution in [2.45, 2.75) is 65.3 Å². The number of carbonyl (C=O) groups excluding carboxylic acids is 3. The summed E-state index contributed by atoms with van der Waals surface area (Å²) < 4.78 is 5.54. The summed E-state index contributed by atoms with van der Waals surface area (Å²) in [4.78, 5) is 46.6. The Morgan fingerprint density at radius 1 is 1.14 bits per heavy atom. The highest BCUT2D eigenvalue weighted by Gasteiger charge is 2.39. The second-order valence-corrected chi connectivity index (χ2v) is 10.4. The first-order chi connectivity index (χ1) is 17.1. The predicted molar refractivity (Wildman–Crippen MR) is 130 cm³/mol. The number of likely N-dealkylation sites (tertiary alicyclic amines) is 1. The molecule has 3 amide bonds. The zero-order valence-electron chi connectivity index (χ0n) is 20.8. The van der Waals surface area contributed by atoms with Crippen LogP contribution in [0.5, 0.6) is 0 Å². The molecule has 2 aliphatic heterocycles. The van der Waals surface area contributed by atoms with E-state index in [-0.39, 0.29) is 30.1 Å². The Labute approximate surface area is 207 Å². The summed E-state index contributed by atoms with van der Waals surface area (Å²) in [5, 5.41) is 17.5. The van der Waals surface area contributed by atoms with Crippen molar-refractivity contribution in [1.82, 2.24) is 35.2 Å². The van der Waals surface area contributed by atoms with E-state index in [0.717, 1.165) is 12.1 Å². The predicted octanol–water partition coefficient (Wildman–Crippen LogP) is 2.81. The van der Waals surface area contributed by atoms with Gasteiger partial charge in [-0.2, -0.15) is 10.2 Å². The zero-order valence-corrected chi connectivity index (χ0v) is 20.8. The summed E-state index contributed by atoms with van der Waals surface area (Å²) in [7, 11) is 0. The number of H-pyrrole nitrogens is 2. The van der Waals surface area contributed by atoms with Crippen molar-refractivity contribution in [3.63, 3.8) is 0 Å². The minimum absolute atomic E-state index is 0.00321. The number of amides is 3. The van der Waals surface area contributed by atoms with Gasteiger partial charge in [-0.25, -0.2) is 9.78 Å². The molecule has 0 aromatic carbocycles. The van der Waals surface area contributed by atoms with Crippen LogP contribution in [-0.4, -0.2) is 71.3 Å². The molecule has 3 N–H and O–H groups in total. The number of aromatic nitrogens is 5. The van der Waals surface area contributed by atoms with E-state index in [1.807, 2.05) is 33.8 Å². The Morgan fingerprint density at radius 2 is 1.94 bits per heavy atom. The highest BCUT2D eigenvalue weighted by atomic mass is 16.6. The lowest BCUT2D eigenvalue weighted by Crippen LogP contribution is -2.50. The third-order valence-corrected chi connectivity index (χ3v) is 6.60. The quantitative estimate of drug-likeness (QED) is 0.507. The fraction of sp³-hybridized carbons (Fsp3) is 0.500. The molecule has 0 spiro atoms. The summed E-state index contributed by atoms with van der Waals surface area (Å²) in [5.74, 6) is -0.341. The average Bonchev–Trinajstić information content (AvgIpc) is 3.52. The van der Waals surface area contributed by atoms with Crippen LogP contribution in [0.2, 0.25) is 0 Å². The van der Waals surface area contributed by atoms with Gasteiger partial charge in [-0.3, -0.25) is 19.8 Å². The van der Waals surface area contributed by atoms with E-state index in [1.54, 1.807) is 22.1 Å². The van der Waals surface area contributed by atoms with E-state index in [0.29, 0.717) is 41.9 Å². The third kappa shape index (κ3) is 4.50. The number of ether oxygens (including phenoxy) is 1. The minimum Gasteiger partial charge on any atom is -0.444 e. The number of piperidine rings is 1. The highest BCUT2D eigenvalue weighted by molar-refractivity contribution is 6.07. The number of nitrogens with one attached hydrogen (secondary N) is 3. The Hall–Kier alpha value is -3.96. The summed E-state index contributed by atoms with van der Waals surface area (Å²) in [6, 6.07) is 3.57. The van der Waals surface area contributed by atoms with Crippen LogP contribution in [0.4, 0.5) is 10.6 Å². The molecule has 0 aliphatic carbocycles. The number of rotatable bonds is 3. The van der Waals surface area contributed by atoms with Crippen molar-refractivity contribution in [2.24, 2.45) is 5.92 Å². The number of hydrogen-bond donors (Lipinski definition) is 3. The molecule has 12 heteroatoms. The van der Waals surface area contributed by atoms with Crippen molar-refractivity contribution >= 4 is 34.8 Å². The molecule has 3 aromatic rings. The molecule has 1 fully saturated rings. The van der Waals surface area contributed by atoms with E-state index in [2.05, 4.69) is 30.7 Å². The Morgan fingerprint density at radius 3 is 2.72 bits per heavy atom. The van der Waals surface area contributed by atoms with Crippen LogP contribution in [0.15, 0.2) is 18.3 Å². The van der Waals surface area contributed by atoms with Crippen LogP contribution in [0.1, 0.15) is 62.3 Å². The molecule has 2 atom stereocenters. The van der Waals surface area contributed by atoms with E-state index >= 15 is 0 Å². The smallest absolute Gasteiger partial charge is 0.410 e. The standard InChI is InChI=1S/C24H30N8O4/c1-13-7-8-14(10-32(13)23(35)36-24(2,3)4)22(34)31-11-16-17(12-31)27-28-18(16)21(33)26-20-15-6-5-9-25-19(15)29-30-20/h5-6,9,13-14H,7-8,10-12H2,1-4H3,(H,27,28)(H2,25,26,29,30,33)/t13-,14+/m0/s1. The van der Waals surface area contributed by atoms with Gasteiger partial charge in [0.25, 0.3) is 5.91 Å². The molecule has 36 heavy (non-hydrogen) atoms. The molecule has 5 heterocycles. The van der Waals surface area contributed by atoms with Crippen molar-refractivity contribution in [2.75, 3.05) is 11.9 Å². The van der Waals surface area contributed by atoms with Gasteiger partial charge in [0.2, 0.25) is 5.91 Å². The van der Waals surface area contributed by atoms with Gasteiger partial charge < -0.3 is 19.9 Å². The fourth-order valence-electron chi connectivity index (χ4n) is 4.74. The van der Waals surface area contributed by atoms with E-state index in [4.69, 9.17) is 4.74 Å². The minimum atomic E-state index is -0.603. The highest BCUT2D eigenvalue weighted by Crippen LogP contribution is 2.30. The Bertz CT molecular complexity index is 1320. The van der Waals surface area contributed by atoms with Gasteiger partial charge >= 0.3 is 6.09 Å². The maximum atomic E-state index is 13.4. The van der Waals surface area contributed by atoms with Crippen LogP contribution in [0, 0.1) is 5.92 Å². The van der Waals surface area contributed by atoms with Gasteiger partial charge in [0.1, 0.15) is 11.4 Å². The summed E-state index contributed by atoms with van der Waals surface area (Å²) in [6.45, 7) is 8.38. The summed E-state index contributed by atoms with van der Waals surface area (Å²) >= 11 is 0. The van der Waals surface area contributed by atoms with E-state index in [1.165, 1.54) is 0 Å². The first kappa shape index (κ1) is 23.8. The number of nitrogens with zero attached hydrogens (tertiary/aromatic N) is 5. The second-order valence-electron chi connectivity index (χ2n) is 10.4. The molecule has 2 aliphatic rings. The normalized spacial score (nSPS) is 19.9. The summed E-state index contributed by atoms with van der Waals surface area (Å²) in [6.07, 6.45) is 2.64. The molecule has 0 saturated carbocycles. The topological polar surface area (TPSA) is 149 Å². The van der Waals surface area contributed by atoms with E-state index in [9.17, 15) is 14.4 Å². The molecule has 12 nitrogen and oxygen atoms in total. The molecule has 1 saturated heterocycles. The van der Waals surface area contributed by atoms with Gasteiger partial charge in [0.15, 0.2) is 11.3 Å². The number of pyridine rings is 1. The number of fused-ring (bicyclic) bond motifs is 2. The molecular formula is C24H30N8O4. The van der Waals surface area contributed by atoms with Crippen molar-refractivity contribution in [3.8, 4) is 0 Å². The van der Waals surface area contributed by atoms with Crippen LogP contribution >= 0.6 is 0 Å². The molecule has 0 radical (unpaired) electrons. The lowest BCUT2D eigenvalue weighted by Gasteiger charge is -2.39. The number of carbonyl (C=O) groups is 3. The van der Waals surface area contributed by atoms with Gasteiger partial charge in [-0.15, -0.1) is 0 Å². The van der Waals surface area contributed by atoms with Crippen LogP contribution < -0.4 is 5.32 Å². The van der Waals surface area contributed by atoms with Crippen LogP contribution in [-0.2, 0) is 22.6 Å². The van der Waals surface area contributed by atoms with Crippen molar-refractivity contribution in [1.29, 1.82) is 0 Å². The largest absolute Gasteiger partial charge is 0.444 e. The third-order valence-electron chi connectivity index (χ3n) is 6.60. The average molecular weight is 495 g/mol. The molecule has 190 valence electrons. The van der Waals surface area contributed by atoms with Crippen molar-refractivity contribution in [3.05, 3.63) is 35.3 Å². The maximum Gasteiger partial charge on any atom is 0.410 e. The maximum absolute atomic E-state index is 13.4. The van der Waals surface area contributed by atoms with Crippen molar-refractivity contribution < 1.29 is 19.1 Å². The Balaban J connectivity index is 1.25. The number of aromatic amines is 2. The fourth-order valence-corrected chi connectivity index (χ4v) is 4.74. The van der Waals surface area contributed by atoms with Crippen LogP contribution in [0.3, 0.4) is 0 Å². The number of anilines is 1. The molecule has 5 rings (SSSR count). The molecular weight excluding hydrogens is 464 g/mol.